The molecule has 1 aromatic carbocycles. The van der Waals surface area contributed by atoms with Crippen LogP contribution < -0.4 is 21.4 Å². The molecule has 2 heterocycles. The number of hydrogen-bond donors (Lipinski definition) is 2. The van der Waals surface area contributed by atoms with Gasteiger partial charge in [-0.15, -0.1) is 11.3 Å². The largest absolute Gasteiger partial charge is 0.352 e. The van der Waals surface area contributed by atoms with E-state index in [4.69, 9.17) is 11.6 Å². The molecule has 2 N–H and O–H groups in total. The molecule has 26 heavy (non-hydrogen) atoms. The van der Waals surface area contributed by atoms with Crippen LogP contribution in [0.4, 0.5) is 5.00 Å². The second-order valence-electron chi connectivity index (χ2n) is 6.08. The van der Waals surface area contributed by atoms with Gasteiger partial charge in [0.05, 0.1) is 21.8 Å². The van der Waals surface area contributed by atoms with Crippen molar-refractivity contribution < 1.29 is 0 Å². The molecule has 3 aromatic rings. The minimum atomic E-state index is -0.215. The van der Waals surface area contributed by atoms with Crippen LogP contribution in [0.3, 0.4) is 0 Å². The average Bonchev–Trinajstić information content (AvgIpc) is 3.28. The summed E-state index contributed by atoms with van der Waals surface area (Å²) in [5.41, 5.74) is 2.30. The zero-order chi connectivity index (χ0) is 18.3. The van der Waals surface area contributed by atoms with Crippen LogP contribution in [-0.2, 0) is 12.8 Å². The summed E-state index contributed by atoms with van der Waals surface area (Å²) in [7, 11) is 0. The fourth-order valence-corrected chi connectivity index (χ4v) is 4.51. The second kappa shape index (κ2) is 6.52. The number of thiophene rings is 1. The highest BCUT2D eigenvalue weighted by Gasteiger charge is 2.21. The van der Waals surface area contributed by atoms with Crippen LogP contribution >= 0.6 is 22.9 Å². The van der Waals surface area contributed by atoms with Gasteiger partial charge in [-0.1, -0.05) is 18.2 Å². The molecule has 1 aliphatic carbocycles. The van der Waals surface area contributed by atoms with E-state index in [0.717, 1.165) is 29.8 Å². The molecule has 0 radical (unpaired) electrons. The number of rotatable bonds is 3. The molecule has 0 bridgehead atoms. The number of aromatic nitrogens is 2. The molecule has 0 saturated heterocycles. The van der Waals surface area contributed by atoms with Crippen molar-refractivity contribution in [2.24, 2.45) is 0 Å². The number of anilines is 1. The van der Waals surface area contributed by atoms with Gasteiger partial charge in [0, 0.05) is 16.1 Å². The van der Waals surface area contributed by atoms with Crippen LogP contribution in [-0.4, -0.2) is 9.78 Å². The summed E-state index contributed by atoms with van der Waals surface area (Å²) in [5.74, 6) is 0. The van der Waals surface area contributed by atoms with Gasteiger partial charge in [-0.25, -0.2) is 4.68 Å². The van der Waals surface area contributed by atoms with E-state index in [9.17, 15) is 10.1 Å². The molecule has 0 aliphatic heterocycles. The third kappa shape index (κ3) is 2.75. The molecule has 0 spiro atoms. The van der Waals surface area contributed by atoms with Crippen LogP contribution in [0.5, 0.6) is 0 Å². The number of nitriles is 1. The van der Waals surface area contributed by atoms with Crippen molar-refractivity contribution in [3.8, 4) is 11.8 Å². The molecule has 2 aromatic heterocycles. The van der Waals surface area contributed by atoms with E-state index in [-0.39, 0.29) is 5.56 Å². The summed E-state index contributed by atoms with van der Waals surface area (Å²) in [6, 6.07) is 9.25. The van der Waals surface area contributed by atoms with Crippen LogP contribution in [0.2, 0.25) is 5.02 Å². The summed E-state index contributed by atoms with van der Waals surface area (Å²) in [4.78, 5) is 14.0. The number of H-pyrrole nitrogens is 1. The first-order valence-electron chi connectivity index (χ1n) is 8.16. The van der Waals surface area contributed by atoms with Gasteiger partial charge in [-0.05, 0) is 49.1 Å². The van der Waals surface area contributed by atoms with Crippen molar-refractivity contribution in [1.29, 1.82) is 5.26 Å². The smallest absolute Gasteiger partial charge is 0.280 e. The first kappa shape index (κ1) is 16.7. The van der Waals surface area contributed by atoms with Crippen LogP contribution in [0.1, 0.15) is 22.4 Å². The first-order chi connectivity index (χ1) is 12.6. The molecule has 7 heteroatoms. The normalized spacial score (nSPS) is 13.6. The Balaban J connectivity index is 1.74. The van der Waals surface area contributed by atoms with Gasteiger partial charge in [0.2, 0.25) is 0 Å². The quantitative estimate of drug-likeness (QED) is 0.731. The summed E-state index contributed by atoms with van der Waals surface area (Å²) < 4.78 is 1.42. The lowest BCUT2D eigenvalue weighted by atomic mass is 10.1. The van der Waals surface area contributed by atoms with Gasteiger partial charge in [0.25, 0.3) is 5.56 Å². The third-order valence-corrected chi connectivity index (χ3v) is 5.95. The Morgan fingerprint density at radius 1 is 1.35 bits per heavy atom. The molecular formula is C19H15ClN4OS. The molecule has 0 fully saturated rings. The molecular weight excluding hydrogens is 368 g/mol. The Morgan fingerprint density at radius 3 is 2.85 bits per heavy atom. The van der Waals surface area contributed by atoms with Crippen molar-refractivity contribution >= 4 is 40.7 Å². The lowest BCUT2D eigenvalue weighted by Crippen LogP contribution is -2.34. The summed E-state index contributed by atoms with van der Waals surface area (Å²) >= 11 is 7.49. The van der Waals surface area contributed by atoms with Crippen LogP contribution in [0.25, 0.3) is 18.5 Å². The predicted molar refractivity (Wildman–Crippen MR) is 105 cm³/mol. The summed E-state index contributed by atoms with van der Waals surface area (Å²) in [6.45, 7) is 3.91. The van der Waals surface area contributed by atoms with Gasteiger partial charge in [-0.2, -0.15) is 5.26 Å². The Labute approximate surface area is 158 Å². The van der Waals surface area contributed by atoms with Gasteiger partial charge in [-0.3, -0.25) is 9.89 Å². The number of aromatic amines is 1. The Hall–Kier alpha value is -2.75. The van der Waals surface area contributed by atoms with E-state index in [0.29, 0.717) is 26.8 Å². The fourth-order valence-electron chi connectivity index (χ4n) is 3.18. The molecule has 4 rings (SSSR count). The standard InChI is InChI=1S/C19H15ClN4OS/c1-11-16(19(25)24(23-11)13-7-5-12(20)6-8-13)10-22-18-15(9-21)14-3-2-4-17(14)26-18/h5-8,10,22-23H,1-4H2. The number of benzene rings is 1. The predicted octanol–water partition coefficient (Wildman–Crippen LogP) is 2.50. The van der Waals surface area contributed by atoms with Gasteiger partial charge < -0.3 is 5.32 Å². The number of nitrogens with one attached hydrogen (secondary N) is 2. The number of halogens is 1. The van der Waals surface area contributed by atoms with Gasteiger partial charge >= 0.3 is 0 Å². The van der Waals surface area contributed by atoms with E-state index in [1.807, 2.05) is 0 Å². The van der Waals surface area contributed by atoms with Crippen LogP contribution in [0, 0.1) is 11.3 Å². The SMILES string of the molecule is C=c1[nH]n(-c2ccc(Cl)cc2)c(=O)c1=CNc1sc2c(c1C#N)CCC2. The Bertz CT molecular complexity index is 1190. The molecule has 0 unspecified atom stereocenters. The first-order valence-corrected chi connectivity index (χ1v) is 9.35. The summed E-state index contributed by atoms with van der Waals surface area (Å²) in [6.07, 6.45) is 4.69. The van der Waals surface area contributed by atoms with E-state index in [2.05, 4.69) is 23.1 Å². The summed E-state index contributed by atoms with van der Waals surface area (Å²) in [5, 5.41) is 17.9. The fraction of sp³-hybridized carbons (Fsp3) is 0.158. The monoisotopic (exact) mass is 382 g/mol. The molecule has 0 atom stereocenters. The maximum Gasteiger partial charge on any atom is 0.280 e. The Morgan fingerprint density at radius 2 is 2.12 bits per heavy atom. The maximum absolute atomic E-state index is 12.7. The Kier molecular flexibility index (Phi) is 4.19. The molecule has 1 aliphatic rings. The zero-order valence-corrected chi connectivity index (χ0v) is 15.4. The molecule has 130 valence electrons. The number of fused-ring (bicyclic) bond motifs is 1. The van der Waals surface area contributed by atoms with Gasteiger partial charge in [0.15, 0.2) is 0 Å². The highest BCUT2D eigenvalue weighted by Crippen LogP contribution is 2.38. The van der Waals surface area contributed by atoms with Crippen molar-refractivity contribution in [2.75, 3.05) is 5.32 Å². The highest BCUT2D eigenvalue weighted by atomic mass is 35.5. The minimum Gasteiger partial charge on any atom is -0.352 e. The molecule has 0 saturated carbocycles. The van der Waals surface area contributed by atoms with Crippen molar-refractivity contribution in [3.63, 3.8) is 0 Å². The topological polar surface area (TPSA) is 73.6 Å². The van der Waals surface area contributed by atoms with Crippen molar-refractivity contribution in [1.82, 2.24) is 9.78 Å². The number of aryl methyl sites for hydroxylation is 1. The van der Waals surface area contributed by atoms with E-state index >= 15 is 0 Å². The lowest BCUT2D eigenvalue weighted by Gasteiger charge is -2.00. The third-order valence-electron chi connectivity index (χ3n) is 4.47. The minimum absolute atomic E-state index is 0.215. The average molecular weight is 383 g/mol. The second-order valence-corrected chi connectivity index (χ2v) is 7.62. The van der Waals surface area contributed by atoms with Crippen molar-refractivity contribution in [3.05, 3.63) is 66.2 Å². The van der Waals surface area contributed by atoms with Crippen LogP contribution in [0.15, 0.2) is 29.1 Å². The van der Waals surface area contributed by atoms with Crippen molar-refractivity contribution in [2.45, 2.75) is 19.3 Å². The van der Waals surface area contributed by atoms with Gasteiger partial charge in [0.1, 0.15) is 11.1 Å². The number of nitrogens with zero attached hydrogens (tertiary/aromatic N) is 2. The lowest BCUT2D eigenvalue weighted by molar-refractivity contribution is 0.838. The zero-order valence-electron chi connectivity index (χ0n) is 13.8. The highest BCUT2D eigenvalue weighted by molar-refractivity contribution is 7.16. The molecule has 5 nitrogen and oxygen atoms in total. The van der Waals surface area contributed by atoms with E-state index < -0.39 is 0 Å². The van der Waals surface area contributed by atoms with E-state index in [1.54, 1.807) is 41.8 Å². The maximum atomic E-state index is 12.7. The molecule has 0 amide bonds. The number of hydrogen-bond acceptors (Lipinski definition) is 4. The van der Waals surface area contributed by atoms with E-state index in [1.165, 1.54) is 9.56 Å².